The molecular formula is C16H27ClN4. The summed E-state index contributed by atoms with van der Waals surface area (Å²) in [6.45, 7) is 7.73. The van der Waals surface area contributed by atoms with Gasteiger partial charge in [-0.3, -0.25) is 4.68 Å². The lowest BCUT2D eigenvalue weighted by Crippen LogP contribution is -2.09. The Balaban J connectivity index is 2.36. The summed E-state index contributed by atoms with van der Waals surface area (Å²) in [5.41, 5.74) is 3.35. The van der Waals surface area contributed by atoms with Crippen LogP contribution in [0.2, 0.25) is 0 Å². The van der Waals surface area contributed by atoms with Crippen LogP contribution in [-0.2, 0) is 26.4 Å². The van der Waals surface area contributed by atoms with E-state index >= 15 is 0 Å². The predicted molar refractivity (Wildman–Crippen MR) is 89.0 cm³/mol. The molecule has 5 heteroatoms. The number of hydrogen-bond donors (Lipinski definition) is 0. The Morgan fingerprint density at radius 3 is 2.62 bits per heavy atom. The molecule has 0 spiro atoms. The van der Waals surface area contributed by atoms with Crippen LogP contribution < -0.4 is 0 Å². The fraction of sp³-hybridized carbons (Fsp3) is 0.750. The summed E-state index contributed by atoms with van der Waals surface area (Å²) < 4.78 is 4.31. The van der Waals surface area contributed by atoms with Crippen molar-refractivity contribution in [3.63, 3.8) is 0 Å². The number of rotatable bonds is 8. The van der Waals surface area contributed by atoms with Gasteiger partial charge in [0.1, 0.15) is 11.3 Å². The smallest absolute Gasteiger partial charge is 0.158 e. The van der Waals surface area contributed by atoms with Gasteiger partial charge in [0.15, 0.2) is 5.65 Å². The third-order valence-electron chi connectivity index (χ3n) is 3.84. The largest absolute Gasteiger partial charge is 0.313 e. The Hall–Kier alpha value is -1.03. The molecule has 0 fully saturated rings. The van der Waals surface area contributed by atoms with Crippen LogP contribution in [0.3, 0.4) is 0 Å². The Morgan fingerprint density at radius 2 is 2.00 bits per heavy atom. The lowest BCUT2D eigenvalue weighted by molar-refractivity contribution is 0.505. The molecule has 0 aliphatic heterocycles. The van der Waals surface area contributed by atoms with Gasteiger partial charge in [0.25, 0.3) is 0 Å². The molecule has 0 N–H and O–H groups in total. The van der Waals surface area contributed by atoms with Crippen LogP contribution in [0.25, 0.3) is 11.2 Å². The monoisotopic (exact) mass is 310 g/mol. The van der Waals surface area contributed by atoms with Gasteiger partial charge in [0.05, 0.1) is 5.69 Å². The number of fused-ring (bicyclic) bond motifs is 1. The van der Waals surface area contributed by atoms with Crippen molar-refractivity contribution >= 4 is 22.8 Å². The van der Waals surface area contributed by atoms with Crippen molar-refractivity contribution in [2.75, 3.05) is 5.88 Å². The molecule has 0 atom stereocenters. The van der Waals surface area contributed by atoms with Crippen LogP contribution in [0.4, 0.5) is 0 Å². The van der Waals surface area contributed by atoms with Crippen molar-refractivity contribution in [3.8, 4) is 0 Å². The molecule has 0 saturated heterocycles. The normalized spacial score (nSPS) is 11.9. The van der Waals surface area contributed by atoms with Crippen molar-refractivity contribution in [3.05, 3.63) is 11.5 Å². The summed E-state index contributed by atoms with van der Waals surface area (Å²) in [6, 6.07) is 0. The van der Waals surface area contributed by atoms with E-state index in [-0.39, 0.29) is 0 Å². The van der Waals surface area contributed by atoms with Crippen molar-refractivity contribution in [2.24, 2.45) is 13.0 Å². The lowest BCUT2D eigenvalue weighted by atomic mass is 10.1. The number of imidazole rings is 1. The molecule has 2 aromatic rings. The van der Waals surface area contributed by atoms with E-state index in [1.807, 2.05) is 11.7 Å². The van der Waals surface area contributed by atoms with E-state index in [1.165, 1.54) is 12.8 Å². The highest BCUT2D eigenvalue weighted by atomic mass is 35.5. The first-order valence-electron chi connectivity index (χ1n) is 8.05. The standard InChI is InChI=1S/C16H27ClN4/c1-5-7-13-15-16(20(4)19-13)21(11-6-8-12(2)3)14(18-15)9-10-17/h12H,5-11H2,1-4H3. The molecule has 0 amide bonds. The lowest BCUT2D eigenvalue weighted by Gasteiger charge is -2.10. The Bertz CT molecular complexity index is 583. The second-order valence-corrected chi connectivity index (χ2v) is 6.53. The average molecular weight is 311 g/mol. The average Bonchev–Trinajstić information content (AvgIpc) is 2.91. The first-order chi connectivity index (χ1) is 10.1. The van der Waals surface area contributed by atoms with E-state index in [0.29, 0.717) is 5.88 Å². The van der Waals surface area contributed by atoms with Crippen LogP contribution in [0, 0.1) is 5.92 Å². The fourth-order valence-corrected chi connectivity index (χ4v) is 3.03. The van der Waals surface area contributed by atoms with Gasteiger partial charge < -0.3 is 4.57 Å². The quantitative estimate of drug-likeness (QED) is 0.692. The molecule has 0 unspecified atom stereocenters. The summed E-state index contributed by atoms with van der Waals surface area (Å²) in [5, 5.41) is 4.64. The molecule has 0 saturated carbocycles. The summed E-state index contributed by atoms with van der Waals surface area (Å²) in [7, 11) is 2.02. The maximum atomic E-state index is 5.95. The minimum Gasteiger partial charge on any atom is -0.313 e. The van der Waals surface area contributed by atoms with Gasteiger partial charge in [-0.2, -0.15) is 5.10 Å². The van der Waals surface area contributed by atoms with Gasteiger partial charge >= 0.3 is 0 Å². The minimum atomic E-state index is 0.615. The molecule has 21 heavy (non-hydrogen) atoms. The Morgan fingerprint density at radius 1 is 1.24 bits per heavy atom. The minimum absolute atomic E-state index is 0.615. The van der Waals surface area contributed by atoms with Crippen LogP contribution in [-0.4, -0.2) is 25.2 Å². The van der Waals surface area contributed by atoms with E-state index in [0.717, 1.165) is 54.4 Å². The molecule has 2 aromatic heterocycles. The van der Waals surface area contributed by atoms with Gasteiger partial charge in [0.2, 0.25) is 0 Å². The maximum absolute atomic E-state index is 5.95. The predicted octanol–water partition coefficient (Wildman–Crippen LogP) is 3.94. The van der Waals surface area contributed by atoms with Crippen LogP contribution >= 0.6 is 11.6 Å². The molecule has 118 valence electrons. The number of halogens is 1. The van der Waals surface area contributed by atoms with E-state index < -0.39 is 0 Å². The molecule has 2 rings (SSSR count). The second kappa shape index (κ2) is 7.30. The molecular weight excluding hydrogens is 284 g/mol. The van der Waals surface area contributed by atoms with E-state index in [2.05, 4.69) is 30.4 Å². The third-order valence-corrected chi connectivity index (χ3v) is 4.03. The van der Waals surface area contributed by atoms with Crippen LogP contribution in [0.1, 0.15) is 51.6 Å². The first-order valence-corrected chi connectivity index (χ1v) is 8.58. The van der Waals surface area contributed by atoms with Crippen molar-refractivity contribution < 1.29 is 0 Å². The van der Waals surface area contributed by atoms with Crippen LogP contribution in [0.15, 0.2) is 0 Å². The Labute approximate surface area is 132 Å². The van der Waals surface area contributed by atoms with Gasteiger partial charge in [0, 0.05) is 25.9 Å². The molecule has 0 bridgehead atoms. The fourth-order valence-electron chi connectivity index (χ4n) is 2.86. The maximum Gasteiger partial charge on any atom is 0.158 e. The molecule has 0 radical (unpaired) electrons. The summed E-state index contributed by atoms with van der Waals surface area (Å²) in [6.07, 6.45) is 5.31. The zero-order valence-electron chi connectivity index (χ0n) is 13.7. The summed E-state index contributed by atoms with van der Waals surface area (Å²) in [5.74, 6) is 2.46. The molecule has 0 aliphatic carbocycles. The summed E-state index contributed by atoms with van der Waals surface area (Å²) >= 11 is 5.95. The highest BCUT2D eigenvalue weighted by Gasteiger charge is 2.18. The zero-order chi connectivity index (χ0) is 15.4. The van der Waals surface area contributed by atoms with Crippen molar-refractivity contribution in [2.45, 2.75) is 59.4 Å². The van der Waals surface area contributed by atoms with Crippen molar-refractivity contribution in [1.82, 2.24) is 19.3 Å². The summed E-state index contributed by atoms with van der Waals surface area (Å²) in [4.78, 5) is 4.83. The second-order valence-electron chi connectivity index (χ2n) is 6.15. The van der Waals surface area contributed by atoms with Gasteiger partial charge in [-0.05, 0) is 25.2 Å². The SMILES string of the molecule is CCCc1nn(C)c2c1nc(CCCl)n2CCCC(C)C. The van der Waals surface area contributed by atoms with Crippen LogP contribution in [0.5, 0.6) is 0 Å². The Kier molecular flexibility index (Phi) is 5.68. The molecule has 2 heterocycles. The van der Waals surface area contributed by atoms with Crippen molar-refractivity contribution in [1.29, 1.82) is 0 Å². The number of alkyl halides is 1. The number of nitrogens with zero attached hydrogens (tertiary/aromatic N) is 4. The first kappa shape index (κ1) is 16.3. The number of aryl methyl sites for hydroxylation is 4. The topological polar surface area (TPSA) is 35.6 Å². The highest BCUT2D eigenvalue weighted by Crippen LogP contribution is 2.22. The molecule has 0 aromatic carbocycles. The zero-order valence-corrected chi connectivity index (χ0v) is 14.4. The number of hydrogen-bond acceptors (Lipinski definition) is 2. The van der Waals surface area contributed by atoms with Gasteiger partial charge in [-0.15, -0.1) is 11.6 Å². The molecule has 0 aliphatic rings. The number of aromatic nitrogens is 4. The van der Waals surface area contributed by atoms with E-state index in [9.17, 15) is 0 Å². The highest BCUT2D eigenvalue weighted by molar-refractivity contribution is 6.17. The van der Waals surface area contributed by atoms with Gasteiger partial charge in [-0.25, -0.2) is 4.98 Å². The third kappa shape index (κ3) is 3.60. The molecule has 4 nitrogen and oxygen atoms in total. The van der Waals surface area contributed by atoms with Gasteiger partial charge in [-0.1, -0.05) is 27.2 Å². The van der Waals surface area contributed by atoms with E-state index in [1.54, 1.807) is 0 Å². The van der Waals surface area contributed by atoms with E-state index in [4.69, 9.17) is 16.6 Å².